The van der Waals surface area contributed by atoms with Gasteiger partial charge in [0.15, 0.2) is 0 Å². The van der Waals surface area contributed by atoms with Crippen LogP contribution in [0.4, 0.5) is 0 Å². The Hall–Kier alpha value is -1.10. The number of esters is 2. The fourth-order valence-corrected chi connectivity index (χ4v) is 1.18. The Labute approximate surface area is 102 Å². The van der Waals surface area contributed by atoms with Gasteiger partial charge in [-0.3, -0.25) is 9.59 Å². The predicted molar refractivity (Wildman–Crippen MR) is 62.3 cm³/mol. The fraction of sp³-hybridized carbons (Fsp3) is 0.833. The SMILES string of the molecule is CCCCOC(=O)CC(C)OC(=O)CC(C)O. The third kappa shape index (κ3) is 9.81. The Balaban J connectivity index is 3.73. The van der Waals surface area contributed by atoms with Crippen molar-refractivity contribution in [1.82, 2.24) is 0 Å². The van der Waals surface area contributed by atoms with Gasteiger partial charge in [-0.1, -0.05) is 13.3 Å². The van der Waals surface area contributed by atoms with E-state index in [1.54, 1.807) is 6.92 Å². The summed E-state index contributed by atoms with van der Waals surface area (Å²) in [5.74, 6) is -0.871. The number of carbonyl (C=O) groups is 2. The van der Waals surface area contributed by atoms with E-state index in [1.807, 2.05) is 6.92 Å². The molecule has 0 fully saturated rings. The van der Waals surface area contributed by atoms with Gasteiger partial charge in [0.2, 0.25) is 0 Å². The van der Waals surface area contributed by atoms with Gasteiger partial charge in [0, 0.05) is 0 Å². The Morgan fingerprint density at radius 1 is 1.18 bits per heavy atom. The molecule has 0 bridgehead atoms. The highest BCUT2D eigenvalue weighted by atomic mass is 16.6. The monoisotopic (exact) mass is 246 g/mol. The molecule has 0 aliphatic heterocycles. The fourth-order valence-electron chi connectivity index (χ4n) is 1.18. The minimum atomic E-state index is -0.730. The number of unbranched alkanes of at least 4 members (excludes halogenated alkanes) is 1. The molecule has 0 aromatic carbocycles. The minimum absolute atomic E-state index is 0.0509. The Bertz CT molecular complexity index is 237. The molecule has 5 nitrogen and oxygen atoms in total. The van der Waals surface area contributed by atoms with Crippen molar-refractivity contribution in [1.29, 1.82) is 0 Å². The molecule has 0 amide bonds. The molecular weight excluding hydrogens is 224 g/mol. The molecule has 0 saturated carbocycles. The lowest BCUT2D eigenvalue weighted by Crippen LogP contribution is -2.22. The van der Waals surface area contributed by atoms with E-state index < -0.39 is 18.2 Å². The maximum atomic E-state index is 11.3. The van der Waals surface area contributed by atoms with Crippen molar-refractivity contribution in [2.45, 2.75) is 58.7 Å². The molecule has 0 saturated heterocycles. The van der Waals surface area contributed by atoms with Crippen molar-refractivity contribution >= 4 is 11.9 Å². The third-order valence-electron chi connectivity index (χ3n) is 2.01. The molecule has 2 atom stereocenters. The second-order valence-electron chi connectivity index (χ2n) is 4.13. The van der Waals surface area contributed by atoms with E-state index in [0.29, 0.717) is 6.61 Å². The summed E-state index contributed by atoms with van der Waals surface area (Å²) in [5.41, 5.74) is 0. The maximum Gasteiger partial charge on any atom is 0.309 e. The van der Waals surface area contributed by atoms with Crippen LogP contribution in [0, 0.1) is 0 Å². The first kappa shape index (κ1) is 15.9. The first-order valence-electron chi connectivity index (χ1n) is 5.98. The summed E-state index contributed by atoms with van der Waals surface area (Å²) in [6.07, 6.45) is 0.542. The normalized spacial score (nSPS) is 13.9. The zero-order valence-electron chi connectivity index (χ0n) is 10.8. The van der Waals surface area contributed by atoms with Gasteiger partial charge in [-0.25, -0.2) is 0 Å². The van der Waals surface area contributed by atoms with Gasteiger partial charge in [-0.2, -0.15) is 0 Å². The van der Waals surface area contributed by atoms with Crippen molar-refractivity contribution < 1.29 is 24.2 Å². The number of hydrogen-bond donors (Lipinski definition) is 1. The lowest BCUT2D eigenvalue weighted by molar-refractivity contribution is -0.155. The van der Waals surface area contributed by atoms with Crippen LogP contribution < -0.4 is 0 Å². The molecule has 2 unspecified atom stereocenters. The van der Waals surface area contributed by atoms with Gasteiger partial charge in [0.1, 0.15) is 6.10 Å². The predicted octanol–water partition coefficient (Wildman–Crippen LogP) is 1.42. The second-order valence-corrected chi connectivity index (χ2v) is 4.13. The lowest BCUT2D eigenvalue weighted by atomic mass is 10.2. The molecule has 0 aromatic heterocycles. The van der Waals surface area contributed by atoms with Gasteiger partial charge in [0.25, 0.3) is 0 Å². The second kappa shape index (κ2) is 8.98. The number of ether oxygens (including phenoxy) is 2. The quantitative estimate of drug-likeness (QED) is 0.518. The van der Waals surface area contributed by atoms with Gasteiger partial charge in [-0.05, 0) is 20.3 Å². The first-order valence-corrected chi connectivity index (χ1v) is 5.98. The summed E-state index contributed by atoms with van der Waals surface area (Å²) < 4.78 is 9.87. The van der Waals surface area contributed by atoms with E-state index in [1.165, 1.54) is 6.92 Å². The van der Waals surface area contributed by atoms with Crippen LogP contribution in [0.15, 0.2) is 0 Å². The van der Waals surface area contributed by atoms with Crippen LogP contribution in [-0.4, -0.2) is 35.9 Å². The highest BCUT2D eigenvalue weighted by Gasteiger charge is 2.15. The molecule has 0 radical (unpaired) electrons. The highest BCUT2D eigenvalue weighted by molar-refractivity contribution is 5.72. The largest absolute Gasteiger partial charge is 0.466 e. The maximum absolute atomic E-state index is 11.3. The topological polar surface area (TPSA) is 72.8 Å². The first-order chi connectivity index (χ1) is 7.95. The van der Waals surface area contributed by atoms with Gasteiger partial charge >= 0.3 is 11.9 Å². The smallest absolute Gasteiger partial charge is 0.309 e. The van der Waals surface area contributed by atoms with Crippen LogP contribution in [0.3, 0.4) is 0 Å². The van der Waals surface area contributed by atoms with Crippen LogP contribution in [0.25, 0.3) is 0 Å². The number of hydrogen-bond acceptors (Lipinski definition) is 5. The molecule has 1 N–H and O–H groups in total. The number of aliphatic hydroxyl groups is 1. The lowest BCUT2D eigenvalue weighted by Gasteiger charge is -2.13. The summed E-state index contributed by atoms with van der Waals surface area (Å²) in [6.45, 7) is 5.55. The zero-order valence-corrected chi connectivity index (χ0v) is 10.8. The van der Waals surface area contributed by atoms with Crippen LogP contribution >= 0.6 is 0 Å². The van der Waals surface area contributed by atoms with Crippen molar-refractivity contribution in [2.75, 3.05) is 6.61 Å². The summed E-state index contributed by atoms with van der Waals surface area (Å²) in [6, 6.07) is 0. The van der Waals surface area contributed by atoms with Gasteiger partial charge < -0.3 is 14.6 Å². The van der Waals surface area contributed by atoms with Crippen LogP contribution in [-0.2, 0) is 19.1 Å². The Kier molecular flexibility index (Phi) is 8.40. The average Bonchev–Trinajstić information content (AvgIpc) is 2.15. The van der Waals surface area contributed by atoms with Crippen molar-refractivity contribution in [3.8, 4) is 0 Å². The van der Waals surface area contributed by atoms with E-state index in [4.69, 9.17) is 14.6 Å². The molecule has 0 aliphatic rings. The summed E-state index contributed by atoms with van der Waals surface area (Å²) in [5, 5.41) is 8.97. The van der Waals surface area contributed by atoms with Crippen molar-refractivity contribution in [3.63, 3.8) is 0 Å². The summed E-state index contributed by atoms with van der Waals surface area (Å²) in [4.78, 5) is 22.4. The van der Waals surface area contributed by atoms with E-state index in [0.717, 1.165) is 12.8 Å². The van der Waals surface area contributed by atoms with Crippen LogP contribution in [0.5, 0.6) is 0 Å². The number of aliphatic hydroxyl groups excluding tert-OH is 1. The van der Waals surface area contributed by atoms with E-state index in [9.17, 15) is 9.59 Å². The van der Waals surface area contributed by atoms with Crippen LogP contribution in [0.1, 0.15) is 46.5 Å². The summed E-state index contributed by atoms with van der Waals surface area (Å²) in [7, 11) is 0. The molecule has 0 rings (SSSR count). The van der Waals surface area contributed by atoms with Crippen molar-refractivity contribution in [3.05, 3.63) is 0 Å². The van der Waals surface area contributed by atoms with Crippen molar-refractivity contribution in [2.24, 2.45) is 0 Å². The Morgan fingerprint density at radius 3 is 2.35 bits per heavy atom. The summed E-state index contributed by atoms with van der Waals surface area (Å²) >= 11 is 0. The molecular formula is C12H22O5. The molecule has 0 aromatic rings. The van der Waals surface area contributed by atoms with Crippen LogP contribution in [0.2, 0.25) is 0 Å². The van der Waals surface area contributed by atoms with E-state index in [-0.39, 0.29) is 18.8 Å². The standard InChI is InChI=1S/C12H22O5/c1-4-5-6-16-11(14)8-10(3)17-12(15)7-9(2)13/h9-10,13H,4-8H2,1-3H3. The molecule has 5 heteroatoms. The number of carbonyl (C=O) groups excluding carboxylic acids is 2. The molecule has 17 heavy (non-hydrogen) atoms. The molecule has 0 heterocycles. The van der Waals surface area contributed by atoms with E-state index >= 15 is 0 Å². The highest BCUT2D eigenvalue weighted by Crippen LogP contribution is 2.03. The molecule has 100 valence electrons. The molecule has 0 spiro atoms. The van der Waals surface area contributed by atoms with Gasteiger partial charge in [-0.15, -0.1) is 0 Å². The molecule has 0 aliphatic carbocycles. The number of rotatable bonds is 8. The van der Waals surface area contributed by atoms with E-state index in [2.05, 4.69) is 0 Å². The van der Waals surface area contributed by atoms with Gasteiger partial charge in [0.05, 0.1) is 25.6 Å². The minimum Gasteiger partial charge on any atom is -0.466 e. The zero-order chi connectivity index (χ0) is 13.3. The Morgan fingerprint density at radius 2 is 1.82 bits per heavy atom. The average molecular weight is 246 g/mol. The third-order valence-corrected chi connectivity index (χ3v) is 2.01.